The number of piperazine rings is 1. The molecule has 2 fully saturated rings. The lowest BCUT2D eigenvalue weighted by atomic mass is 9.92. The Morgan fingerprint density at radius 1 is 1.25 bits per heavy atom. The van der Waals surface area contributed by atoms with Gasteiger partial charge in [0.25, 0.3) is 0 Å². The lowest BCUT2D eigenvalue weighted by molar-refractivity contribution is -0.137. The summed E-state index contributed by atoms with van der Waals surface area (Å²) in [6.07, 6.45) is 1.94. The Bertz CT molecular complexity index is 690. The molecule has 0 spiro atoms. The number of anilines is 1. The van der Waals surface area contributed by atoms with Crippen molar-refractivity contribution in [3.8, 4) is 0 Å². The van der Waals surface area contributed by atoms with E-state index in [1.54, 1.807) is 11.3 Å². The molecule has 0 aliphatic carbocycles. The molecule has 1 N–H and O–H groups in total. The molecule has 2 aliphatic heterocycles. The highest BCUT2D eigenvalue weighted by molar-refractivity contribution is 7.22. The van der Waals surface area contributed by atoms with E-state index in [9.17, 15) is 4.79 Å². The van der Waals surface area contributed by atoms with Gasteiger partial charge in [-0.05, 0) is 38.4 Å². The fourth-order valence-electron chi connectivity index (χ4n) is 3.73. The molecule has 2 atom stereocenters. The maximum atomic E-state index is 12.7. The summed E-state index contributed by atoms with van der Waals surface area (Å²) < 4.78 is 1.23. The molecule has 128 valence electrons. The van der Waals surface area contributed by atoms with Crippen molar-refractivity contribution in [3.05, 3.63) is 24.3 Å². The minimum atomic E-state index is 0.204. The highest BCUT2D eigenvalue weighted by Crippen LogP contribution is 2.29. The van der Waals surface area contributed by atoms with Crippen LogP contribution in [0.4, 0.5) is 5.13 Å². The summed E-state index contributed by atoms with van der Waals surface area (Å²) >= 11 is 1.74. The van der Waals surface area contributed by atoms with E-state index in [1.165, 1.54) is 4.70 Å². The number of fused-ring (bicyclic) bond motifs is 1. The second kappa shape index (κ2) is 6.69. The Balaban J connectivity index is 1.38. The minimum Gasteiger partial charge on any atom is -0.345 e. The van der Waals surface area contributed by atoms with E-state index in [4.69, 9.17) is 4.98 Å². The van der Waals surface area contributed by atoms with Crippen LogP contribution in [0.25, 0.3) is 10.2 Å². The van der Waals surface area contributed by atoms with Gasteiger partial charge >= 0.3 is 0 Å². The number of carbonyl (C=O) groups excluding carboxylic acids is 1. The zero-order valence-electron chi connectivity index (χ0n) is 14.1. The van der Waals surface area contributed by atoms with Gasteiger partial charge in [-0.1, -0.05) is 23.5 Å². The first-order valence-corrected chi connectivity index (χ1v) is 9.65. The van der Waals surface area contributed by atoms with Crippen molar-refractivity contribution in [2.75, 3.05) is 37.6 Å². The third kappa shape index (κ3) is 3.13. The number of amides is 1. The Morgan fingerprint density at radius 2 is 2.04 bits per heavy atom. The van der Waals surface area contributed by atoms with Crippen molar-refractivity contribution in [1.29, 1.82) is 0 Å². The normalized spacial score (nSPS) is 25.2. The van der Waals surface area contributed by atoms with Gasteiger partial charge in [0.2, 0.25) is 5.91 Å². The summed E-state index contributed by atoms with van der Waals surface area (Å²) in [7, 11) is 0. The van der Waals surface area contributed by atoms with Crippen molar-refractivity contribution in [2.24, 2.45) is 5.92 Å². The number of thiazole rings is 1. The van der Waals surface area contributed by atoms with Crippen molar-refractivity contribution in [2.45, 2.75) is 25.8 Å². The number of hydrogen-bond donors (Lipinski definition) is 1. The SMILES string of the molecule is C[C@H]1C[C@@H](C(=O)N2CCN(c3nc4ccccc4s3)CC2)CCN1. The van der Waals surface area contributed by atoms with E-state index in [-0.39, 0.29) is 5.92 Å². The molecule has 1 amide bonds. The molecule has 0 radical (unpaired) electrons. The van der Waals surface area contributed by atoms with Gasteiger partial charge in [-0.2, -0.15) is 0 Å². The van der Waals surface area contributed by atoms with Crippen molar-refractivity contribution >= 4 is 32.6 Å². The van der Waals surface area contributed by atoms with Crippen LogP contribution >= 0.6 is 11.3 Å². The first kappa shape index (κ1) is 15.8. The first-order valence-electron chi connectivity index (χ1n) is 8.83. The summed E-state index contributed by atoms with van der Waals surface area (Å²) in [5.41, 5.74) is 1.07. The van der Waals surface area contributed by atoms with Gasteiger partial charge in [0.05, 0.1) is 10.2 Å². The Morgan fingerprint density at radius 3 is 2.79 bits per heavy atom. The van der Waals surface area contributed by atoms with Crippen molar-refractivity contribution in [1.82, 2.24) is 15.2 Å². The molecule has 24 heavy (non-hydrogen) atoms. The average molecular weight is 344 g/mol. The molecular formula is C18H24N4OS. The number of nitrogens with zero attached hydrogens (tertiary/aromatic N) is 3. The van der Waals surface area contributed by atoms with Crippen LogP contribution in [-0.4, -0.2) is 54.6 Å². The van der Waals surface area contributed by atoms with Crippen LogP contribution in [0.5, 0.6) is 0 Å². The van der Waals surface area contributed by atoms with Gasteiger partial charge < -0.3 is 15.1 Å². The summed E-state index contributed by atoms with van der Waals surface area (Å²) in [4.78, 5) is 21.9. The molecular weight excluding hydrogens is 320 g/mol. The molecule has 0 saturated carbocycles. The van der Waals surface area contributed by atoms with Crippen LogP contribution in [0, 0.1) is 5.92 Å². The standard InChI is InChI=1S/C18H24N4OS/c1-13-12-14(6-7-19-13)17(23)21-8-10-22(11-9-21)18-20-15-4-2-3-5-16(15)24-18/h2-5,13-14,19H,6-12H2,1H3/t13-,14-/m0/s1. The number of aromatic nitrogens is 1. The maximum Gasteiger partial charge on any atom is 0.225 e. The number of piperidine rings is 1. The van der Waals surface area contributed by atoms with E-state index in [1.807, 2.05) is 6.07 Å². The fraction of sp³-hybridized carbons (Fsp3) is 0.556. The molecule has 5 nitrogen and oxygen atoms in total. The molecule has 3 heterocycles. The number of rotatable bonds is 2. The fourth-order valence-corrected chi connectivity index (χ4v) is 4.75. The molecule has 6 heteroatoms. The van der Waals surface area contributed by atoms with Gasteiger partial charge in [0, 0.05) is 38.1 Å². The maximum absolute atomic E-state index is 12.7. The summed E-state index contributed by atoms with van der Waals surface area (Å²) in [5, 5.41) is 4.51. The molecule has 4 rings (SSSR count). The lowest BCUT2D eigenvalue weighted by Gasteiger charge is -2.38. The number of carbonyl (C=O) groups is 1. The van der Waals surface area contributed by atoms with Crippen LogP contribution in [0.1, 0.15) is 19.8 Å². The van der Waals surface area contributed by atoms with Crippen LogP contribution in [0.15, 0.2) is 24.3 Å². The quantitative estimate of drug-likeness (QED) is 0.908. The van der Waals surface area contributed by atoms with E-state index in [0.717, 1.165) is 56.2 Å². The largest absolute Gasteiger partial charge is 0.345 e. The first-order chi connectivity index (χ1) is 11.7. The number of benzene rings is 1. The van der Waals surface area contributed by atoms with Gasteiger partial charge in [0.1, 0.15) is 0 Å². The van der Waals surface area contributed by atoms with Gasteiger partial charge in [-0.3, -0.25) is 4.79 Å². The highest BCUT2D eigenvalue weighted by atomic mass is 32.1. The topological polar surface area (TPSA) is 48.5 Å². The Labute approximate surface area is 146 Å². The third-order valence-electron chi connectivity index (χ3n) is 5.12. The average Bonchev–Trinajstić information content (AvgIpc) is 3.05. The summed E-state index contributed by atoms with van der Waals surface area (Å²) in [5.74, 6) is 0.558. The van der Waals surface area contributed by atoms with Gasteiger partial charge in [-0.25, -0.2) is 4.98 Å². The van der Waals surface area contributed by atoms with E-state index in [2.05, 4.69) is 40.2 Å². The molecule has 2 saturated heterocycles. The highest BCUT2D eigenvalue weighted by Gasteiger charge is 2.30. The van der Waals surface area contributed by atoms with Gasteiger partial charge in [-0.15, -0.1) is 0 Å². The van der Waals surface area contributed by atoms with Crippen molar-refractivity contribution in [3.63, 3.8) is 0 Å². The Hall–Kier alpha value is -1.66. The molecule has 0 bridgehead atoms. The predicted octanol–water partition coefficient (Wildman–Crippen LogP) is 2.33. The number of hydrogen-bond acceptors (Lipinski definition) is 5. The summed E-state index contributed by atoms with van der Waals surface area (Å²) in [6.45, 7) is 6.52. The molecule has 0 unspecified atom stereocenters. The minimum absolute atomic E-state index is 0.204. The zero-order chi connectivity index (χ0) is 16.5. The molecule has 2 aliphatic rings. The van der Waals surface area contributed by atoms with E-state index < -0.39 is 0 Å². The summed E-state index contributed by atoms with van der Waals surface area (Å²) in [6, 6.07) is 8.72. The second-order valence-corrected chi connectivity index (χ2v) is 7.86. The second-order valence-electron chi connectivity index (χ2n) is 6.85. The monoisotopic (exact) mass is 344 g/mol. The Kier molecular flexibility index (Phi) is 4.41. The molecule has 1 aromatic heterocycles. The van der Waals surface area contributed by atoms with Crippen LogP contribution in [0.3, 0.4) is 0 Å². The van der Waals surface area contributed by atoms with E-state index in [0.29, 0.717) is 11.9 Å². The molecule has 2 aromatic rings. The van der Waals surface area contributed by atoms with Crippen LogP contribution in [-0.2, 0) is 4.79 Å². The smallest absolute Gasteiger partial charge is 0.225 e. The van der Waals surface area contributed by atoms with Crippen molar-refractivity contribution < 1.29 is 4.79 Å². The zero-order valence-corrected chi connectivity index (χ0v) is 14.9. The van der Waals surface area contributed by atoms with E-state index >= 15 is 0 Å². The third-order valence-corrected chi connectivity index (χ3v) is 6.21. The predicted molar refractivity (Wildman–Crippen MR) is 98.6 cm³/mol. The molecule has 1 aromatic carbocycles. The number of para-hydroxylation sites is 1. The van der Waals surface area contributed by atoms with Gasteiger partial charge in [0.15, 0.2) is 5.13 Å². The lowest BCUT2D eigenvalue weighted by Crippen LogP contribution is -2.52. The van der Waals surface area contributed by atoms with Crippen LogP contribution < -0.4 is 10.2 Å². The number of nitrogens with one attached hydrogen (secondary N) is 1. The van der Waals surface area contributed by atoms with Crippen LogP contribution in [0.2, 0.25) is 0 Å².